The molecule has 0 N–H and O–H groups in total. The fraction of sp³-hybridized carbons (Fsp3) is 0.583. The molecule has 0 fully saturated rings. The molecule has 4 heteroatoms. The molecule has 0 amide bonds. The number of rotatable bonds is 6. The summed E-state index contributed by atoms with van der Waals surface area (Å²) in [6, 6.07) is 0. The second-order valence-electron chi connectivity index (χ2n) is 8.53. The molecule has 1 aliphatic rings. The summed E-state index contributed by atoms with van der Waals surface area (Å²) in [5.74, 6) is 0. The second kappa shape index (κ2) is 16.3. The van der Waals surface area contributed by atoms with Gasteiger partial charge in [0.2, 0.25) is 0 Å². The second-order valence-corrected chi connectivity index (χ2v) is 10.7. The predicted octanol–water partition coefficient (Wildman–Crippen LogP) is 3.87. The van der Waals surface area contributed by atoms with Crippen molar-refractivity contribution in [1.82, 2.24) is 0 Å². The molecule has 0 spiro atoms. The minimum absolute atomic E-state index is 0.549. The van der Waals surface area contributed by atoms with Crippen LogP contribution in [0.3, 0.4) is 0 Å². The topological polar surface area (TPSA) is 69.2 Å². The molecule has 0 aromatic heterocycles. The molecule has 0 aromatic carbocycles. The van der Waals surface area contributed by atoms with Gasteiger partial charge < -0.3 is 15.3 Å². The number of hydrogen-bond acceptors (Lipinski definition) is 3. The summed E-state index contributed by atoms with van der Waals surface area (Å²) in [5, 5.41) is 31.9. The molecule has 28 heavy (non-hydrogen) atoms. The number of allylic oxidation sites excluding steroid dienone is 4. The van der Waals surface area contributed by atoms with E-state index in [-0.39, 0.29) is 0 Å². The molecule has 0 bridgehead atoms. The van der Waals surface area contributed by atoms with Gasteiger partial charge in [0.25, 0.3) is 0 Å². The van der Waals surface area contributed by atoms with Crippen LogP contribution in [0.2, 0.25) is 0 Å². The Hall–Kier alpha value is -0.550. The van der Waals surface area contributed by atoms with Crippen molar-refractivity contribution in [2.24, 2.45) is 0 Å². The van der Waals surface area contributed by atoms with Gasteiger partial charge in [-0.2, -0.15) is 0 Å². The van der Waals surface area contributed by atoms with Crippen LogP contribution in [0.25, 0.3) is 0 Å². The van der Waals surface area contributed by atoms with Gasteiger partial charge in [0.15, 0.2) is 0 Å². The van der Waals surface area contributed by atoms with E-state index in [1.807, 2.05) is 0 Å². The van der Waals surface area contributed by atoms with E-state index < -0.39 is 16.8 Å². The summed E-state index contributed by atoms with van der Waals surface area (Å²) in [4.78, 5) is 0. The van der Waals surface area contributed by atoms with E-state index in [0.29, 0.717) is 19.3 Å². The fourth-order valence-electron chi connectivity index (χ4n) is 1.66. The molecule has 0 saturated heterocycles. The normalized spacial score (nSPS) is 13.3. The molecular formula is C24H40HfO3. The first-order valence-electron chi connectivity index (χ1n) is 9.51. The zero-order valence-corrected chi connectivity index (χ0v) is 22.7. The van der Waals surface area contributed by atoms with Crippen LogP contribution in [-0.4, -0.2) is 16.8 Å². The third-order valence-corrected chi connectivity index (χ3v) is 5.22. The van der Waals surface area contributed by atoms with Crippen LogP contribution in [-0.2, 0) is 24.4 Å². The van der Waals surface area contributed by atoms with Gasteiger partial charge in [0.05, 0.1) is 0 Å². The summed E-state index contributed by atoms with van der Waals surface area (Å²) in [5.41, 5.74) is -0.947. The monoisotopic (exact) mass is 556 g/mol. The Kier molecular flexibility index (Phi) is 18.7. The molecule has 0 heterocycles. The van der Waals surface area contributed by atoms with Crippen LogP contribution >= 0.6 is 0 Å². The molecule has 0 aromatic rings. The summed E-state index contributed by atoms with van der Waals surface area (Å²) >= 11 is 1.25. The van der Waals surface area contributed by atoms with Crippen molar-refractivity contribution in [2.45, 2.75) is 91.0 Å². The van der Waals surface area contributed by atoms with Crippen LogP contribution < -0.4 is 15.3 Å². The Balaban J connectivity index is -0.000000298. The Bertz CT molecular complexity index is 448. The Labute approximate surface area is 189 Å². The van der Waals surface area contributed by atoms with E-state index in [0.717, 1.165) is 0 Å². The van der Waals surface area contributed by atoms with Crippen molar-refractivity contribution >= 4 is 0 Å². The van der Waals surface area contributed by atoms with Gasteiger partial charge in [-0.1, -0.05) is 59.8 Å². The molecule has 0 aliphatic heterocycles. The zero-order chi connectivity index (χ0) is 23.0. The van der Waals surface area contributed by atoms with Gasteiger partial charge in [0, 0.05) is 0 Å². The molecule has 3 nitrogen and oxygen atoms in total. The van der Waals surface area contributed by atoms with Crippen LogP contribution in [0.15, 0.2) is 59.0 Å². The molecular weight excluding hydrogens is 515 g/mol. The summed E-state index contributed by atoms with van der Waals surface area (Å²) in [6.45, 7) is 22.4. The Morgan fingerprint density at radius 3 is 1.14 bits per heavy atom. The Morgan fingerprint density at radius 1 is 0.821 bits per heavy atom. The van der Waals surface area contributed by atoms with Crippen molar-refractivity contribution in [1.29, 1.82) is 0 Å². The van der Waals surface area contributed by atoms with E-state index in [1.165, 1.54) is 36.4 Å². The molecule has 1 rings (SSSR count). The van der Waals surface area contributed by atoms with Crippen molar-refractivity contribution in [3.05, 3.63) is 59.0 Å². The summed E-state index contributed by atoms with van der Waals surface area (Å²) < 4.78 is 1.65. The quantitative estimate of drug-likeness (QED) is 0.370. The maximum absolute atomic E-state index is 10.6. The Morgan fingerprint density at radius 2 is 1.11 bits per heavy atom. The zero-order valence-electron chi connectivity index (χ0n) is 19.1. The van der Waals surface area contributed by atoms with Gasteiger partial charge in [-0.25, -0.2) is 0 Å². The maximum atomic E-state index is 10.6. The SMILES string of the molecule is C=CCC(C)(C)[O-].C=CCC(C)(C)[O-].C=CCC(C)(C)[O-].CC1=[C]([Hf+3])CC=C1. The van der Waals surface area contributed by atoms with Crippen molar-refractivity contribution in [2.75, 3.05) is 0 Å². The van der Waals surface area contributed by atoms with Crippen LogP contribution in [0.1, 0.15) is 74.1 Å². The van der Waals surface area contributed by atoms with E-state index in [1.54, 1.807) is 63.1 Å². The number of hydrogen-bond donors (Lipinski definition) is 0. The summed E-state index contributed by atoms with van der Waals surface area (Å²) in [7, 11) is 0. The molecule has 1 aliphatic carbocycles. The van der Waals surface area contributed by atoms with Crippen LogP contribution in [0, 0.1) is 0 Å². The fourth-order valence-corrected chi connectivity index (χ4v) is 2.38. The van der Waals surface area contributed by atoms with Gasteiger partial charge in [-0.15, -0.1) is 36.5 Å². The van der Waals surface area contributed by atoms with Crippen LogP contribution in [0.5, 0.6) is 0 Å². The van der Waals surface area contributed by atoms with Crippen LogP contribution in [0.4, 0.5) is 0 Å². The molecule has 0 radical (unpaired) electrons. The summed E-state index contributed by atoms with van der Waals surface area (Å²) in [6.07, 6.45) is 12.3. The molecule has 158 valence electrons. The van der Waals surface area contributed by atoms with Gasteiger partial charge in [-0.05, 0) is 19.3 Å². The standard InChI is InChI=1S/3C6H11O.C6H7.Hf/c3*1-4-5-6(2,3)7;1-6-4-2-3-5-6;/h3*4H,1,5H2,2-3H3;2,4H,3H2,1H3;/q3*-1;;+3. The van der Waals surface area contributed by atoms with Crippen molar-refractivity contribution in [3.8, 4) is 0 Å². The van der Waals surface area contributed by atoms with E-state index in [9.17, 15) is 15.3 Å². The van der Waals surface area contributed by atoms with E-state index >= 15 is 0 Å². The molecule has 0 unspecified atom stereocenters. The third kappa shape index (κ3) is 33.1. The van der Waals surface area contributed by atoms with Gasteiger partial charge >= 0.3 is 58.8 Å². The minimum atomic E-state index is -0.818. The van der Waals surface area contributed by atoms with Gasteiger partial charge in [0.1, 0.15) is 0 Å². The predicted molar refractivity (Wildman–Crippen MR) is 113 cm³/mol. The van der Waals surface area contributed by atoms with E-state index in [2.05, 4.69) is 38.8 Å². The third-order valence-electron chi connectivity index (χ3n) is 3.07. The van der Waals surface area contributed by atoms with Gasteiger partial charge in [-0.3, -0.25) is 0 Å². The van der Waals surface area contributed by atoms with Crippen molar-refractivity contribution < 1.29 is 39.7 Å². The molecule has 0 atom stereocenters. The van der Waals surface area contributed by atoms with E-state index in [4.69, 9.17) is 0 Å². The first-order chi connectivity index (χ1) is 12.5. The first kappa shape index (κ1) is 32.1. The average Bonchev–Trinajstić information content (AvgIpc) is 2.81. The van der Waals surface area contributed by atoms with Crippen molar-refractivity contribution in [3.63, 3.8) is 0 Å². The first-order valence-corrected chi connectivity index (χ1v) is 11.3. The average molecular weight is 555 g/mol. The molecule has 0 saturated carbocycles.